The summed E-state index contributed by atoms with van der Waals surface area (Å²) in [5, 5.41) is 3.39. The van der Waals surface area contributed by atoms with E-state index < -0.39 is 10.0 Å². The summed E-state index contributed by atoms with van der Waals surface area (Å²) in [5.41, 5.74) is 0.554. The van der Waals surface area contributed by atoms with Gasteiger partial charge >= 0.3 is 0 Å². The molecule has 0 unspecified atom stereocenters. The van der Waals surface area contributed by atoms with Crippen molar-refractivity contribution in [3.05, 3.63) is 27.7 Å². The maximum Gasteiger partial charge on any atom is 0.244 e. The van der Waals surface area contributed by atoms with Crippen molar-refractivity contribution >= 4 is 39.1 Å². The average Bonchev–Trinajstić information content (AvgIpc) is 2.88. The fourth-order valence-electron chi connectivity index (χ4n) is 3.08. The van der Waals surface area contributed by atoms with Crippen molar-refractivity contribution in [2.45, 2.75) is 18.2 Å². The molecule has 8 heteroatoms. The highest BCUT2D eigenvalue weighted by molar-refractivity contribution is 7.89. The third kappa shape index (κ3) is 2.62. The van der Waals surface area contributed by atoms with Crippen molar-refractivity contribution in [2.75, 3.05) is 19.6 Å². The molecule has 2 aliphatic rings. The number of carbonyl (C=O) groups excluding carboxylic acids is 1. The first-order valence-corrected chi connectivity index (χ1v) is 9.21. The number of hydrogen-bond acceptors (Lipinski definition) is 3. The standard InChI is InChI=1S/C14H16Cl2N2O3S/c1-8-11(15)2-3-12(14(8)16)22(20,21)18-6-9-4-13(19)17-5-10(9)7-18/h2-3,9-10H,4-7H2,1H3,(H,17,19)/t9-,10+/m1/s1. The predicted molar refractivity (Wildman–Crippen MR) is 84.6 cm³/mol. The molecule has 120 valence electrons. The third-order valence-corrected chi connectivity index (χ3v) is 7.34. The number of piperidine rings is 1. The molecule has 0 spiro atoms. The number of amides is 1. The molecule has 22 heavy (non-hydrogen) atoms. The molecule has 1 amide bonds. The van der Waals surface area contributed by atoms with Crippen molar-refractivity contribution in [1.29, 1.82) is 0 Å². The molecule has 2 saturated heterocycles. The molecule has 0 bridgehead atoms. The quantitative estimate of drug-likeness (QED) is 0.875. The molecule has 2 heterocycles. The first-order chi connectivity index (χ1) is 10.3. The van der Waals surface area contributed by atoms with E-state index in [-0.39, 0.29) is 27.7 Å². The maximum atomic E-state index is 12.8. The van der Waals surface area contributed by atoms with Crippen LogP contribution in [0.15, 0.2) is 17.0 Å². The summed E-state index contributed by atoms with van der Waals surface area (Å²) in [6, 6.07) is 2.99. The van der Waals surface area contributed by atoms with Crippen LogP contribution in [0.1, 0.15) is 12.0 Å². The van der Waals surface area contributed by atoms with Gasteiger partial charge in [0.1, 0.15) is 4.90 Å². The van der Waals surface area contributed by atoms with Gasteiger partial charge in [-0.2, -0.15) is 4.31 Å². The smallest absolute Gasteiger partial charge is 0.244 e. The number of fused-ring (bicyclic) bond motifs is 1. The van der Waals surface area contributed by atoms with Gasteiger partial charge in [-0.1, -0.05) is 23.2 Å². The van der Waals surface area contributed by atoms with Crippen molar-refractivity contribution in [2.24, 2.45) is 11.8 Å². The minimum Gasteiger partial charge on any atom is -0.356 e. The molecule has 1 aromatic carbocycles. The van der Waals surface area contributed by atoms with Gasteiger partial charge in [0.2, 0.25) is 15.9 Å². The Balaban J connectivity index is 1.92. The highest BCUT2D eigenvalue weighted by Gasteiger charge is 2.42. The minimum atomic E-state index is -3.68. The lowest BCUT2D eigenvalue weighted by Gasteiger charge is -2.23. The van der Waals surface area contributed by atoms with E-state index in [1.807, 2.05) is 0 Å². The van der Waals surface area contributed by atoms with E-state index in [0.717, 1.165) is 0 Å². The number of carbonyl (C=O) groups is 1. The SMILES string of the molecule is Cc1c(Cl)ccc(S(=O)(=O)N2C[C@H]3CC(=O)NC[C@H]3C2)c1Cl. The second-order valence-corrected chi connectivity index (χ2v) is 8.53. The van der Waals surface area contributed by atoms with Gasteiger partial charge in [0.25, 0.3) is 0 Å². The summed E-state index contributed by atoms with van der Waals surface area (Å²) in [6.45, 7) is 2.99. The van der Waals surface area contributed by atoms with Crippen molar-refractivity contribution < 1.29 is 13.2 Å². The van der Waals surface area contributed by atoms with Crippen LogP contribution in [0.4, 0.5) is 0 Å². The van der Waals surface area contributed by atoms with Gasteiger partial charge in [-0.05, 0) is 36.5 Å². The number of nitrogens with zero attached hydrogens (tertiary/aromatic N) is 1. The molecule has 0 aromatic heterocycles. The van der Waals surface area contributed by atoms with Crippen LogP contribution >= 0.6 is 23.2 Å². The summed E-state index contributed by atoms with van der Waals surface area (Å²) in [7, 11) is -3.68. The van der Waals surface area contributed by atoms with E-state index in [9.17, 15) is 13.2 Å². The van der Waals surface area contributed by atoms with E-state index in [1.54, 1.807) is 13.0 Å². The number of hydrogen-bond donors (Lipinski definition) is 1. The zero-order chi connectivity index (χ0) is 16.1. The molecule has 2 fully saturated rings. The molecule has 0 saturated carbocycles. The summed E-state index contributed by atoms with van der Waals surface area (Å²) in [4.78, 5) is 11.5. The van der Waals surface area contributed by atoms with Crippen LogP contribution in [0.25, 0.3) is 0 Å². The van der Waals surface area contributed by atoms with Gasteiger partial charge in [0.05, 0.1) is 5.02 Å². The fraction of sp³-hybridized carbons (Fsp3) is 0.500. The van der Waals surface area contributed by atoms with Crippen LogP contribution in [0.5, 0.6) is 0 Å². The van der Waals surface area contributed by atoms with Crippen LogP contribution in [0.2, 0.25) is 10.0 Å². The molecule has 3 rings (SSSR count). The largest absolute Gasteiger partial charge is 0.356 e. The molecule has 0 radical (unpaired) electrons. The Labute approximate surface area is 139 Å². The molecule has 5 nitrogen and oxygen atoms in total. The topological polar surface area (TPSA) is 66.5 Å². The first kappa shape index (κ1) is 16.1. The summed E-state index contributed by atoms with van der Waals surface area (Å²) in [5.74, 6) is 0.233. The van der Waals surface area contributed by atoms with Crippen molar-refractivity contribution in [3.8, 4) is 0 Å². The molecule has 0 aliphatic carbocycles. The summed E-state index contributed by atoms with van der Waals surface area (Å²) < 4.78 is 27.1. The predicted octanol–water partition coefficient (Wildman–Crippen LogP) is 2.06. The monoisotopic (exact) mass is 362 g/mol. The third-order valence-electron chi connectivity index (χ3n) is 4.45. The van der Waals surface area contributed by atoms with E-state index in [2.05, 4.69) is 5.32 Å². The Morgan fingerprint density at radius 3 is 2.64 bits per heavy atom. The van der Waals surface area contributed by atoms with Crippen molar-refractivity contribution in [1.82, 2.24) is 9.62 Å². The summed E-state index contributed by atoms with van der Waals surface area (Å²) >= 11 is 12.2. The zero-order valence-electron chi connectivity index (χ0n) is 12.0. The molecule has 2 aliphatic heterocycles. The minimum absolute atomic E-state index is 0.0131. The second kappa shape index (κ2) is 5.67. The van der Waals surface area contributed by atoms with E-state index in [0.29, 0.717) is 36.6 Å². The number of rotatable bonds is 2. The van der Waals surface area contributed by atoms with Gasteiger partial charge in [-0.3, -0.25) is 4.79 Å². The average molecular weight is 363 g/mol. The van der Waals surface area contributed by atoms with Gasteiger partial charge in [-0.25, -0.2) is 8.42 Å². The number of sulfonamides is 1. The van der Waals surface area contributed by atoms with Gasteiger partial charge in [-0.15, -0.1) is 0 Å². The normalized spacial score (nSPS) is 25.9. The Morgan fingerprint density at radius 2 is 1.91 bits per heavy atom. The molecule has 2 atom stereocenters. The maximum absolute atomic E-state index is 12.8. The Morgan fingerprint density at radius 1 is 1.23 bits per heavy atom. The van der Waals surface area contributed by atoms with Crippen LogP contribution in [-0.4, -0.2) is 38.3 Å². The molecular formula is C14H16Cl2N2O3S. The van der Waals surface area contributed by atoms with E-state index in [1.165, 1.54) is 10.4 Å². The zero-order valence-corrected chi connectivity index (χ0v) is 14.3. The molecule has 1 N–H and O–H groups in total. The fourth-order valence-corrected chi connectivity index (χ4v) is 5.42. The highest BCUT2D eigenvalue weighted by Crippen LogP contribution is 2.36. The number of halogens is 2. The van der Waals surface area contributed by atoms with Crippen LogP contribution in [0, 0.1) is 18.8 Å². The number of nitrogens with one attached hydrogen (secondary N) is 1. The lowest BCUT2D eigenvalue weighted by atomic mass is 9.89. The Hall–Kier alpha value is -0.820. The van der Waals surface area contributed by atoms with Gasteiger partial charge in [0.15, 0.2) is 0 Å². The highest BCUT2D eigenvalue weighted by atomic mass is 35.5. The number of benzene rings is 1. The lowest BCUT2D eigenvalue weighted by Crippen LogP contribution is -2.40. The van der Waals surface area contributed by atoms with Gasteiger partial charge in [0, 0.05) is 31.1 Å². The van der Waals surface area contributed by atoms with Crippen LogP contribution in [-0.2, 0) is 14.8 Å². The van der Waals surface area contributed by atoms with Crippen molar-refractivity contribution in [3.63, 3.8) is 0 Å². The Bertz CT molecular complexity index is 736. The first-order valence-electron chi connectivity index (χ1n) is 7.02. The second-order valence-electron chi connectivity index (χ2n) is 5.83. The van der Waals surface area contributed by atoms with Crippen LogP contribution < -0.4 is 5.32 Å². The van der Waals surface area contributed by atoms with E-state index >= 15 is 0 Å². The summed E-state index contributed by atoms with van der Waals surface area (Å²) in [6.07, 6.45) is 0.379. The van der Waals surface area contributed by atoms with E-state index in [4.69, 9.17) is 23.2 Å². The van der Waals surface area contributed by atoms with Gasteiger partial charge < -0.3 is 5.32 Å². The Kier molecular flexibility index (Phi) is 4.14. The molecular weight excluding hydrogens is 347 g/mol. The lowest BCUT2D eigenvalue weighted by molar-refractivity contribution is -0.124. The molecule has 1 aromatic rings. The van der Waals surface area contributed by atoms with Crippen LogP contribution in [0.3, 0.4) is 0 Å².